The summed E-state index contributed by atoms with van der Waals surface area (Å²) >= 11 is 0. The monoisotopic (exact) mass is 327 g/mol. The lowest BCUT2D eigenvalue weighted by Crippen LogP contribution is -2.25. The van der Waals surface area contributed by atoms with Crippen molar-refractivity contribution >= 4 is 11.9 Å². The molecule has 0 aliphatic rings. The molecule has 0 radical (unpaired) electrons. The minimum atomic E-state index is -0.945. The van der Waals surface area contributed by atoms with Crippen LogP contribution < -0.4 is 10.1 Å². The van der Waals surface area contributed by atoms with Gasteiger partial charge in [-0.25, -0.2) is 4.79 Å². The fourth-order valence-corrected chi connectivity index (χ4v) is 2.23. The molecule has 0 aromatic heterocycles. The SMILES string of the molecule is O=C(CCCOc1ccccc1)NCCc1cccc(C(=O)O)c1. The first-order valence-corrected chi connectivity index (χ1v) is 7.92. The van der Waals surface area contributed by atoms with Crippen LogP contribution in [0.15, 0.2) is 54.6 Å². The highest BCUT2D eigenvalue weighted by molar-refractivity contribution is 5.87. The number of carbonyl (C=O) groups is 2. The Kier molecular flexibility index (Phi) is 6.83. The molecule has 0 unspecified atom stereocenters. The van der Waals surface area contributed by atoms with Crippen LogP contribution in [-0.2, 0) is 11.2 Å². The number of hydrogen-bond donors (Lipinski definition) is 2. The molecule has 0 aliphatic carbocycles. The average Bonchev–Trinajstić information content (AvgIpc) is 2.60. The molecule has 24 heavy (non-hydrogen) atoms. The van der Waals surface area contributed by atoms with Crippen molar-refractivity contribution in [3.05, 3.63) is 65.7 Å². The summed E-state index contributed by atoms with van der Waals surface area (Å²) in [5, 5.41) is 11.8. The molecule has 2 aromatic carbocycles. The molecule has 1 amide bonds. The predicted octanol–water partition coefficient (Wildman–Crippen LogP) is 2.90. The Morgan fingerprint density at radius 3 is 2.58 bits per heavy atom. The number of carboxylic acid groups (broad SMARTS) is 1. The highest BCUT2D eigenvalue weighted by atomic mass is 16.5. The van der Waals surface area contributed by atoms with Gasteiger partial charge in [0.05, 0.1) is 12.2 Å². The van der Waals surface area contributed by atoms with E-state index in [-0.39, 0.29) is 11.5 Å². The number of aromatic carboxylic acids is 1. The largest absolute Gasteiger partial charge is 0.494 e. The second-order valence-electron chi connectivity index (χ2n) is 5.37. The van der Waals surface area contributed by atoms with E-state index in [0.29, 0.717) is 32.4 Å². The maximum Gasteiger partial charge on any atom is 0.335 e. The normalized spacial score (nSPS) is 10.2. The lowest BCUT2D eigenvalue weighted by atomic mass is 10.1. The summed E-state index contributed by atoms with van der Waals surface area (Å²) in [7, 11) is 0. The van der Waals surface area contributed by atoms with E-state index in [1.54, 1.807) is 18.2 Å². The van der Waals surface area contributed by atoms with E-state index in [9.17, 15) is 9.59 Å². The first-order valence-electron chi connectivity index (χ1n) is 7.92. The van der Waals surface area contributed by atoms with Crippen LogP contribution in [-0.4, -0.2) is 30.1 Å². The third kappa shape index (κ3) is 6.12. The predicted molar refractivity (Wildman–Crippen MR) is 91.3 cm³/mol. The zero-order chi connectivity index (χ0) is 17.2. The van der Waals surface area contributed by atoms with Crippen LogP contribution in [0.2, 0.25) is 0 Å². The Hall–Kier alpha value is -2.82. The molecule has 2 aromatic rings. The molecule has 126 valence electrons. The van der Waals surface area contributed by atoms with Gasteiger partial charge in [-0.3, -0.25) is 4.79 Å². The van der Waals surface area contributed by atoms with E-state index in [1.807, 2.05) is 36.4 Å². The van der Waals surface area contributed by atoms with Crippen molar-refractivity contribution in [3.8, 4) is 5.75 Å². The van der Waals surface area contributed by atoms with Gasteiger partial charge in [0.1, 0.15) is 5.75 Å². The van der Waals surface area contributed by atoms with E-state index >= 15 is 0 Å². The fourth-order valence-electron chi connectivity index (χ4n) is 2.23. The van der Waals surface area contributed by atoms with Crippen LogP contribution in [0, 0.1) is 0 Å². The van der Waals surface area contributed by atoms with Crippen molar-refractivity contribution < 1.29 is 19.4 Å². The van der Waals surface area contributed by atoms with E-state index in [0.717, 1.165) is 11.3 Å². The Balaban J connectivity index is 1.61. The maximum absolute atomic E-state index is 11.8. The summed E-state index contributed by atoms with van der Waals surface area (Å²) in [6, 6.07) is 16.2. The summed E-state index contributed by atoms with van der Waals surface area (Å²) in [6.45, 7) is 0.986. The minimum absolute atomic E-state index is 0.0268. The lowest BCUT2D eigenvalue weighted by Gasteiger charge is -2.07. The Morgan fingerprint density at radius 1 is 1.04 bits per heavy atom. The van der Waals surface area contributed by atoms with Crippen molar-refractivity contribution in [2.75, 3.05) is 13.2 Å². The fraction of sp³-hybridized carbons (Fsp3) is 0.263. The number of amides is 1. The number of carboxylic acids is 1. The second kappa shape index (κ2) is 9.35. The first kappa shape index (κ1) is 17.5. The number of ether oxygens (including phenoxy) is 1. The summed E-state index contributed by atoms with van der Waals surface area (Å²) in [4.78, 5) is 22.7. The van der Waals surface area contributed by atoms with Crippen molar-refractivity contribution in [1.82, 2.24) is 5.32 Å². The molecular formula is C19H21NO4. The van der Waals surface area contributed by atoms with Gasteiger partial charge in [0.15, 0.2) is 0 Å². The highest BCUT2D eigenvalue weighted by Crippen LogP contribution is 2.09. The Labute approximate surface area is 141 Å². The number of rotatable bonds is 9. The molecule has 0 heterocycles. The highest BCUT2D eigenvalue weighted by Gasteiger charge is 2.04. The number of carbonyl (C=O) groups excluding carboxylic acids is 1. The van der Waals surface area contributed by atoms with Crippen LogP contribution in [0.25, 0.3) is 0 Å². The summed E-state index contributed by atoms with van der Waals surface area (Å²) in [6.07, 6.45) is 1.66. The van der Waals surface area contributed by atoms with Gasteiger partial charge < -0.3 is 15.2 Å². The molecule has 0 spiro atoms. The average molecular weight is 327 g/mol. The standard InChI is InChI=1S/C19H21NO4/c21-18(10-5-13-24-17-8-2-1-3-9-17)20-12-11-15-6-4-7-16(14-15)19(22)23/h1-4,6-9,14H,5,10-13H2,(H,20,21)(H,22,23). The minimum Gasteiger partial charge on any atom is -0.494 e. The number of benzene rings is 2. The maximum atomic E-state index is 11.8. The molecule has 0 saturated heterocycles. The van der Waals surface area contributed by atoms with Crippen LogP contribution in [0.5, 0.6) is 5.75 Å². The molecule has 0 atom stereocenters. The molecule has 5 heteroatoms. The molecule has 2 rings (SSSR count). The van der Waals surface area contributed by atoms with E-state index in [1.165, 1.54) is 0 Å². The molecular weight excluding hydrogens is 306 g/mol. The van der Waals surface area contributed by atoms with Gasteiger partial charge in [-0.1, -0.05) is 30.3 Å². The molecule has 0 bridgehead atoms. The van der Waals surface area contributed by atoms with Gasteiger partial charge in [-0.05, 0) is 42.7 Å². The van der Waals surface area contributed by atoms with Crippen LogP contribution in [0.3, 0.4) is 0 Å². The zero-order valence-corrected chi connectivity index (χ0v) is 13.4. The molecule has 0 aliphatic heterocycles. The van der Waals surface area contributed by atoms with E-state index < -0.39 is 5.97 Å². The van der Waals surface area contributed by atoms with E-state index in [4.69, 9.17) is 9.84 Å². The van der Waals surface area contributed by atoms with Crippen molar-refractivity contribution in [2.45, 2.75) is 19.3 Å². The topological polar surface area (TPSA) is 75.6 Å². The Morgan fingerprint density at radius 2 is 1.83 bits per heavy atom. The van der Waals surface area contributed by atoms with E-state index in [2.05, 4.69) is 5.32 Å². The molecule has 0 saturated carbocycles. The summed E-state index contributed by atoms with van der Waals surface area (Å²) in [5.74, 6) is -0.170. The number of hydrogen-bond acceptors (Lipinski definition) is 3. The molecule has 2 N–H and O–H groups in total. The van der Waals surface area contributed by atoms with Crippen molar-refractivity contribution in [3.63, 3.8) is 0 Å². The first-order chi connectivity index (χ1) is 11.6. The van der Waals surface area contributed by atoms with Crippen molar-refractivity contribution in [1.29, 1.82) is 0 Å². The number of nitrogens with one attached hydrogen (secondary N) is 1. The second-order valence-corrected chi connectivity index (χ2v) is 5.37. The Bertz CT molecular complexity index is 670. The van der Waals surface area contributed by atoms with Gasteiger partial charge >= 0.3 is 5.97 Å². The van der Waals surface area contributed by atoms with Gasteiger partial charge in [-0.15, -0.1) is 0 Å². The summed E-state index contributed by atoms with van der Waals surface area (Å²) < 4.78 is 5.53. The van der Waals surface area contributed by atoms with Gasteiger partial charge in [-0.2, -0.15) is 0 Å². The van der Waals surface area contributed by atoms with Gasteiger partial charge in [0.2, 0.25) is 5.91 Å². The zero-order valence-electron chi connectivity index (χ0n) is 13.4. The third-order valence-electron chi connectivity index (χ3n) is 3.47. The molecule has 0 fully saturated rings. The third-order valence-corrected chi connectivity index (χ3v) is 3.47. The van der Waals surface area contributed by atoms with Crippen LogP contribution in [0.1, 0.15) is 28.8 Å². The number of para-hydroxylation sites is 1. The smallest absolute Gasteiger partial charge is 0.335 e. The van der Waals surface area contributed by atoms with Crippen LogP contribution in [0.4, 0.5) is 0 Å². The van der Waals surface area contributed by atoms with Crippen LogP contribution >= 0.6 is 0 Å². The van der Waals surface area contributed by atoms with Crippen molar-refractivity contribution in [2.24, 2.45) is 0 Å². The molecule has 5 nitrogen and oxygen atoms in total. The lowest BCUT2D eigenvalue weighted by molar-refractivity contribution is -0.121. The van der Waals surface area contributed by atoms with Gasteiger partial charge in [0, 0.05) is 13.0 Å². The summed E-state index contributed by atoms with van der Waals surface area (Å²) in [5.41, 5.74) is 1.15. The quantitative estimate of drug-likeness (QED) is 0.694. The van der Waals surface area contributed by atoms with Gasteiger partial charge in [0.25, 0.3) is 0 Å².